The fourth-order valence-corrected chi connectivity index (χ4v) is 3.08. The molecule has 0 bridgehead atoms. The van der Waals surface area contributed by atoms with Gasteiger partial charge in [0.1, 0.15) is 11.9 Å². The molecule has 1 amide bonds. The molecule has 0 aliphatic carbocycles. The molecular weight excluding hydrogens is 297 g/mol. The maximum absolute atomic E-state index is 14.0. The Balaban J connectivity index is 2.48. The monoisotopic (exact) mass is 311 g/mol. The zero-order valence-corrected chi connectivity index (χ0v) is 12.3. The summed E-state index contributed by atoms with van der Waals surface area (Å²) in [5.74, 6) is -2.11. The van der Waals surface area contributed by atoms with Crippen molar-refractivity contribution in [2.24, 2.45) is 0 Å². The van der Waals surface area contributed by atoms with Crippen LogP contribution < -0.4 is 5.32 Å². The quantitative estimate of drug-likeness (QED) is 0.889. The van der Waals surface area contributed by atoms with Crippen LogP contribution in [0.2, 0.25) is 0 Å². The molecule has 2 aromatic rings. The second kappa shape index (κ2) is 6.19. The van der Waals surface area contributed by atoms with Crippen LogP contribution in [0.25, 0.3) is 10.1 Å². The van der Waals surface area contributed by atoms with Crippen LogP contribution in [-0.4, -0.2) is 30.1 Å². The number of carboxylic acid groups (broad SMARTS) is 1. The van der Waals surface area contributed by atoms with E-state index in [4.69, 9.17) is 9.84 Å². The molecular formula is C14H14FNO4S. The average molecular weight is 311 g/mol. The largest absolute Gasteiger partial charge is 0.480 e. The number of ether oxygens (including phenoxy) is 1. The third-order valence-corrected chi connectivity index (χ3v) is 4.17. The van der Waals surface area contributed by atoms with Gasteiger partial charge in [0.05, 0.1) is 11.5 Å². The Morgan fingerprint density at radius 1 is 1.48 bits per heavy atom. The molecule has 0 fully saturated rings. The van der Waals surface area contributed by atoms with Gasteiger partial charge in [-0.15, -0.1) is 11.3 Å². The highest BCUT2D eigenvalue weighted by Crippen LogP contribution is 2.33. The molecule has 21 heavy (non-hydrogen) atoms. The van der Waals surface area contributed by atoms with E-state index in [-0.39, 0.29) is 11.5 Å². The molecule has 112 valence electrons. The Bertz CT molecular complexity index is 698. The number of nitrogens with one attached hydrogen (secondary N) is 1. The van der Waals surface area contributed by atoms with E-state index >= 15 is 0 Å². The van der Waals surface area contributed by atoms with Crippen LogP contribution in [0.3, 0.4) is 0 Å². The van der Waals surface area contributed by atoms with Gasteiger partial charge >= 0.3 is 5.97 Å². The molecule has 1 aromatic carbocycles. The second-order valence-electron chi connectivity index (χ2n) is 4.49. The third kappa shape index (κ3) is 3.03. The van der Waals surface area contributed by atoms with Crippen molar-refractivity contribution in [1.29, 1.82) is 0 Å². The number of carbonyl (C=O) groups is 2. The van der Waals surface area contributed by atoms with Gasteiger partial charge < -0.3 is 15.2 Å². The highest BCUT2D eigenvalue weighted by Gasteiger charge is 2.23. The summed E-state index contributed by atoms with van der Waals surface area (Å²) >= 11 is 1.11. The first kappa shape index (κ1) is 15.4. The van der Waals surface area contributed by atoms with Crippen LogP contribution in [0.15, 0.2) is 18.2 Å². The number of hydrogen-bond donors (Lipinski definition) is 2. The lowest BCUT2D eigenvalue weighted by molar-refractivity contribution is -0.138. The number of halogens is 1. The fourth-order valence-electron chi connectivity index (χ4n) is 1.96. The molecule has 1 aromatic heterocycles. The molecule has 2 rings (SSSR count). The molecule has 0 spiro atoms. The van der Waals surface area contributed by atoms with Crippen LogP contribution in [0.4, 0.5) is 4.39 Å². The predicted octanol–water partition coefficient (Wildman–Crippen LogP) is 2.39. The molecule has 0 saturated carbocycles. The van der Waals surface area contributed by atoms with Crippen molar-refractivity contribution < 1.29 is 23.8 Å². The molecule has 7 heteroatoms. The van der Waals surface area contributed by atoms with Gasteiger partial charge in [-0.05, 0) is 19.1 Å². The fraction of sp³-hybridized carbons (Fsp3) is 0.286. The van der Waals surface area contributed by atoms with Gasteiger partial charge in [-0.25, -0.2) is 4.39 Å². The highest BCUT2D eigenvalue weighted by atomic mass is 32.1. The summed E-state index contributed by atoms with van der Waals surface area (Å²) in [6.07, 6.45) is 0. The number of benzene rings is 1. The Morgan fingerprint density at radius 3 is 2.81 bits per heavy atom. The van der Waals surface area contributed by atoms with Gasteiger partial charge in [0.2, 0.25) is 0 Å². The Morgan fingerprint density at radius 2 is 2.19 bits per heavy atom. The first-order valence-electron chi connectivity index (χ1n) is 6.18. The number of thiophene rings is 1. The molecule has 0 radical (unpaired) electrons. The summed E-state index contributed by atoms with van der Waals surface area (Å²) in [6, 6.07) is 3.56. The lowest BCUT2D eigenvalue weighted by Crippen LogP contribution is -2.38. The summed E-state index contributed by atoms with van der Waals surface area (Å²) in [5, 5.41) is 11.6. The molecule has 0 saturated heterocycles. The van der Waals surface area contributed by atoms with E-state index < -0.39 is 23.7 Å². The first-order chi connectivity index (χ1) is 9.95. The van der Waals surface area contributed by atoms with Crippen LogP contribution in [0.5, 0.6) is 0 Å². The minimum atomic E-state index is -1.14. The maximum atomic E-state index is 14.0. The molecule has 5 nitrogen and oxygen atoms in total. The highest BCUT2D eigenvalue weighted by molar-refractivity contribution is 7.21. The van der Waals surface area contributed by atoms with Crippen molar-refractivity contribution in [3.05, 3.63) is 34.5 Å². The smallest absolute Gasteiger partial charge is 0.325 e. The minimum Gasteiger partial charge on any atom is -0.480 e. The van der Waals surface area contributed by atoms with Gasteiger partial charge in [0.25, 0.3) is 5.91 Å². The third-order valence-electron chi connectivity index (χ3n) is 2.98. The zero-order chi connectivity index (χ0) is 15.6. The minimum absolute atomic E-state index is 0.0745. The van der Waals surface area contributed by atoms with Gasteiger partial charge in [-0.2, -0.15) is 0 Å². The van der Waals surface area contributed by atoms with Crippen LogP contribution >= 0.6 is 11.3 Å². The molecule has 2 N–H and O–H groups in total. The van der Waals surface area contributed by atoms with E-state index in [1.165, 1.54) is 20.1 Å². The van der Waals surface area contributed by atoms with Crippen LogP contribution in [-0.2, 0) is 16.1 Å². The SMILES string of the molecule is COCc1c(C(=O)N[C@@H](C)C(=O)O)sc2cccc(F)c12. The van der Waals surface area contributed by atoms with Gasteiger partial charge in [-0.3, -0.25) is 9.59 Å². The zero-order valence-electron chi connectivity index (χ0n) is 11.5. The van der Waals surface area contributed by atoms with E-state index in [0.717, 1.165) is 11.3 Å². The molecule has 0 unspecified atom stereocenters. The number of carbonyl (C=O) groups excluding carboxylic acids is 1. The second-order valence-corrected chi connectivity index (χ2v) is 5.54. The molecule has 0 aliphatic heterocycles. The van der Waals surface area contributed by atoms with Crippen LogP contribution in [0.1, 0.15) is 22.2 Å². The lowest BCUT2D eigenvalue weighted by atomic mass is 10.1. The molecule has 1 heterocycles. The number of amides is 1. The summed E-state index contributed by atoms with van der Waals surface area (Å²) in [7, 11) is 1.45. The summed E-state index contributed by atoms with van der Waals surface area (Å²) in [6.45, 7) is 1.44. The number of fused-ring (bicyclic) bond motifs is 1. The topological polar surface area (TPSA) is 75.6 Å². The van der Waals surface area contributed by atoms with E-state index in [1.54, 1.807) is 12.1 Å². The van der Waals surface area contributed by atoms with Gasteiger partial charge in [-0.1, -0.05) is 6.07 Å². The van der Waals surface area contributed by atoms with E-state index in [1.807, 2.05) is 0 Å². The van der Waals surface area contributed by atoms with Crippen molar-refractivity contribution in [1.82, 2.24) is 5.32 Å². The Labute approximate surface area is 124 Å². The summed E-state index contributed by atoms with van der Waals surface area (Å²) in [4.78, 5) is 23.3. The lowest BCUT2D eigenvalue weighted by Gasteiger charge is -2.09. The van der Waals surface area contributed by atoms with Crippen molar-refractivity contribution in [2.75, 3.05) is 7.11 Å². The Hall–Kier alpha value is -1.99. The molecule has 0 aliphatic rings. The standard InChI is InChI=1S/C14H14FNO4S/c1-7(14(18)19)16-13(17)12-8(6-20-2)11-9(15)4-3-5-10(11)21-12/h3-5,7H,6H2,1-2H3,(H,16,17)(H,18,19)/t7-/m0/s1. The number of carboxylic acids is 1. The first-order valence-corrected chi connectivity index (χ1v) is 6.99. The van der Waals surface area contributed by atoms with Gasteiger partial charge in [0, 0.05) is 22.8 Å². The normalized spacial score (nSPS) is 12.3. The Kier molecular flexibility index (Phi) is 4.54. The van der Waals surface area contributed by atoms with Crippen molar-refractivity contribution >= 4 is 33.3 Å². The van der Waals surface area contributed by atoms with Crippen molar-refractivity contribution in [3.63, 3.8) is 0 Å². The number of methoxy groups -OCH3 is 1. The van der Waals surface area contributed by atoms with Crippen molar-refractivity contribution in [3.8, 4) is 0 Å². The summed E-state index contributed by atoms with van der Waals surface area (Å²) < 4.78 is 19.6. The summed E-state index contributed by atoms with van der Waals surface area (Å²) in [5.41, 5.74) is 0.436. The maximum Gasteiger partial charge on any atom is 0.325 e. The van der Waals surface area contributed by atoms with Gasteiger partial charge in [0.15, 0.2) is 0 Å². The average Bonchev–Trinajstić information content (AvgIpc) is 2.79. The van der Waals surface area contributed by atoms with Crippen LogP contribution in [0, 0.1) is 5.82 Å². The number of hydrogen-bond acceptors (Lipinski definition) is 4. The van der Waals surface area contributed by atoms with E-state index in [2.05, 4.69) is 5.32 Å². The molecule has 1 atom stereocenters. The number of aliphatic carboxylic acids is 1. The van der Waals surface area contributed by atoms with E-state index in [9.17, 15) is 14.0 Å². The predicted molar refractivity (Wildman–Crippen MR) is 77.1 cm³/mol. The van der Waals surface area contributed by atoms with E-state index in [0.29, 0.717) is 15.6 Å². The number of rotatable bonds is 5. The van der Waals surface area contributed by atoms with Crippen molar-refractivity contribution in [2.45, 2.75) is 19.6 Å².